The molecule has 0 N–H and O–H groups in total. The molecule has 0 atom stereocenters. The van der Waals surface area contributed by atoms with Crippen LogP contribution in [0.1, 0.15) is 22.4 Å². The Hall–Kier alpha value is -2.13. The van der Waals surface area contributed by atoms with Gasteiger partial charge in [-0.15, -0.1) is 12.4 Å². The number of halogens is 1. The zero-order valence-electron chi connectivity index (χ0n) is 14.5. The molecule has 0 radical (unpaired) electrons. The highest BCUT2D eigenvalue weighted by Gasteiger charge is 2.11. The summed E-state index contributed by atoms with van der Waals surface area (Å²) in [5.74, 6) is -0.206. The van der Waals surface area contributed by atoms with Crippen molar-refractivity contribution >= 4 is 23.3 Å². The fraction of sp³-hybridized carbons (Fsp3) is 0.176. The third-order valence-corrected chi connectivity index (χ3v) is 3.39. The van der Waals surface area contributed by atoms with Crippen molar-refractivity contribution in [3.63, 3.8) is 0 Å². The van der Waals surface area contributed by atoms with Gasteiger partial charge in [0.15, 0.2) is 0 Å². The maximum absolute atomic E-state index is 12.9. The first-order valence-electron chi connectivity index (χ1n) is 8.04. The normalized spacial score (nSPS) is 13.1. The van der Waals surface area contributed by atoms with Gasteiger partial charge in [0.1, 0.15) is 5.82 Å². The minimum Gasteiger partial charge on any atom is -0.268 e. The molecule has 2 aromatic carbocycles. The van der Waals surface area contributed by atoms with Gasteiger partial charge >= 0.3 is 0 Å². The molecule has 0 aliphatic heterocycles. The summed E-state index contributed by atoms with van der Waals surface area (Å²) >= 11 is 0. The van der Waals surface area contributed by atoms with Gasteiger partial charge in [0.2, 0.25) is 0 Å². The smallest absolute Gasteiger partial charge is 0.265 e. The van der Waals surface area contributed by atoms with Crippen LogP contribution < -0.4 is 5.56 Å². The van der Waals surface area contributed by atoms with E-state index < -0.39 is 6.85 Å². The molecule has 3 aromatic rings. The Kier molecular flexibility index (Phi) is 3.35. The van der Waals surface area contributed by atoms with Gasteiger partial charge in [-0.05, 0) is 37.0 Å². The molecule has 0 aliphatic rings. The van der Waals surface area contributed by atoms with E-state index in [-0.39, 0.29) is 23.8 Å². The van der Waals surface area contributed by atoms with E-state index in [1.807, 2.05) is 19.1 Å². The summed E-state index contributed by atoms with van der Waals surface area (Å²) in [5.41, 5.74) is 1.51. The van der Waals surface area contributed by atoms with Crippen molar-refractivity contribution in [2.24, 2.45) is 0 Å². The summed E-state index contributed by atoms with van der Waals surface area (Å²) in [7, 11) is 0. The van der Waals surface area contributed by atoms with Crippen molar-refractivity contribution in [3.05, 3.63) is 70.3 Å². The molecule has 0 amide bonds. The standard InChI is InChI=1S/C17H16N2O.ClH/c1-3-13-8-4-7-11-16(13)19-12(2)18-15-10-6-5-9-14(15)17(19)20;/h4-11H,3H2,1-2H3;1H/i2D3;. The molecule has 3 rings (SSSR count). The number of aryl methyl sites for hydroxylation is 2. The number of nitrogens with zero attached hydrogens (tertiary/aromatic N) is 2. The molecule has 1 heterocycles. The second-order valence-corrected chi connectivity index (χ2v) is 4.58. The maximum atomic E-state index is 12.9. The molecule has 1 aromatic heterocycles. The molecule has 4 heteroatoms. The average molecular weight is 304 g/mol. The van der Waals surface area contributed by atoms with Crippen molar-refractivity contribution in [2.75, 3.05) is 0 Å². The van der Waals surface area contributed by atoms with Gasteiger partial charge in [0.25, 0.3) is 5.56 Å². The van der Waals surface area contributed by atoms with Crippen molar-refractivity contribution in [1.82, 2.24) is 9.55 Å². The predicted octanol–water partition coefficient (Wildman–Crippen LogP) is 3.68. The zero-order valence-corrected chi connectivity index (χ0v) is 12.4. The minimum absolute atomic E-state index is 0. The summed E-state index contributed by atoms with van der Waals surface area (Å²) in [4.78, 5) is 17.2. The second kappa shape index (κ2) is 6.10. The molecule has 0 bridgehead atoms. The van der Waals surface area contributed by atoms with E-state index in [4.69, 9.17) is 4.11 Å². The lowest BCUT2D eigenvalue weighted by molar-refractivity contribution is 0.878. The van der Waals surface area contributed by atoms with Crippen LogP contribution in [0, 0.1) is 6.85 Å². The summed E-state index contributed by atoms with van der Waals surface area (Å²) in [6.45, 7) is -0.516. The van der Waals surface area contributed by atoms with Crippen LogP contribution in [0.5, 0.6) is 0 Å². The first-order chi connectivity index (χ1) is 10.9. The van der Waals surface area contributed by atoms with Crippen LogP contribution in [0.25, 0.3) is 16.6 Å². The fourth-order valence-corrected chi connectivity index (χ4v) is 2.38. The van der Waals surface area contributed by atoms with Crippen molar-refractivity contribution < 1.29 is 4.11 Å². The van der Waals surface area contributed by atoms with Crippen LogP contribution in [0.3, 0.4) is 0 Å². The van der Waals surface area contributed by atoms with Gasteiger partial charge in [-0.1, -0.05) is 37.3 Å². The molecule has 3 nitrogen and oxygen atoms in total. The molecule has 108 valence electrons. The maximum Gasteiger partial charge on any atom is 0.265 e. The van der Waals surface area contributed by atoms with Gasteiger partial charge < -0.3 is 0 Å². The first kappa shape index (κ1) is 11.5. The van der Waals surface area contributed by atoms with Crippen molar-refractivity contribution in [1.29, 1.82) is 0 Å². The molecular formula is C17H17ClN2O. The van der Waals surface area contributed by atoms with E-state index in [2.05, 4.69) is 4.98 Å². The van der Waals surface area contributed by atoms with Crippen molar-refractivity contribution in [2.45, 2.75) is 20.2 Å². The van der Waals surface area contributed by atoms with Crippen LogP contribution >= 0.6 is 12.4 Å². The highest BCUT2D eigenvalue weighted by Crippen LogP contribution is 2.16. The predicted molar refractivity (Wildman–Crippen MR) is 88.7 cm³/mol. The average Bonchev–Trinajstić information content (AvgIpc) is 2.54. The molecule has 0 aliphatic carbocycles. The van der Waals surface area contributed by atoms with E-state index in [9.17, 15) is 4.79 Å². The van der Waals surface area contributed by atoms with Crippen LogP contribution in [0.2, 0.25) is 0 Å². The Bertz CT molecular complexity index is 935. The van der Waals surface area contributed by atoms with Crippen LogP contribution in [0.15, 0.2) is 53.3 Å². The number of hydrogen-bond donors (Lipinski definition) is 0. The summed E-state index contributed by atoms with van der Waals surface area (Å²) in [5, 5.41) is 0.409. The summed E-state index contributed by atoms with van der Waals surface area (Å²) in [6, 6.07) is 14.1. The van der Waals surface area contributed by atoms with Crippen LogP contribution in [0.4, 0.5) is 0 Å². The van der Waals surface area contributed by atoms with E-state index in [0.29, 0.717) is 23.0 Å². The number of para-hydroxylation sites is 2. The second-order valence-electron chi connectivity index (χ2n) is 4.58. The lowest BCUT2D eigenvalue weighted by atomic mass is 10.1. The number of hydrogen-bond acceptors (Lipinski definition) is 2. The van der Waals surface area contributed by atoms with E-state index >= 15 is 0 Å². The van der Waals surface area contributed by atoms with Gasteiger partial charge in [-0.25, -0.2) is 4.98 Å². The third kappa shape index (κ3) is 2.57. The van der Waals surface area contributed by atoms with E-state index in [1.165, 1.54) is 4.57 Å². The molecule has 0 saturated carbocycles. The number of benzene rings is 2. The summed E-state index contributed by atoms with van der Waals surface area (Å²) < 4.78 is 24.6. The molecule has 0 spiro atoms. The Balaban J connectivity index is 0.00000208. The highest BCUT2D eigenvalue weighted by atomic mass is 35.5. The summed E-state index contributed by atoms with van der Waals surface area (Å²) in [6.07, 6.45) is 0.690. The lowest BCUT2D eigenvalue weighted by Gasteiger charge is -2.14. The molecule has 0 unspecified atom stereocenters. The van der Waals surface area contributed by atoms with Crippen molar-refractivity contribution in [3.8, 4) is 5.69 Å². The molecule has 0 fully saturated rings. The fourth-order valence-electron chi connectivity index (χ4n) is 2.38. The lowest BCUT2D eigenvalue weighted by Crippen LogP contribution is -2.23. The Morgan fingerprint density at radius 3 is 2.62 bits per heavy atom. The Morgan fingerprint density at radius 2 is 1.86 bits per heavy atom. The number of rotatable bonds is 2. The zero-order chi connectivity index (χ0) is 16.6. The van der Waals surface area contributed by atoms with Crippen LogP contribution in [-0.2, 0) is 6.42 Å². The molecule has 0 saturated heterocycles. The van der Waals surface area contributed by atoms with Gasteiger partial charge in [0.05, 0.1) is 16.6 Å². The van der Waals surface area contributed by atoms with Crippen LogP contribution in [-0.4, -0.2) is 9.55 Å². The Labute approximate surface area is 133 Å². The van der Waals surface area contributed by atoms with Gasteiger partial charge in [-0.2, -0.15) is 0 Å². The highest BCUT2D eigenvalue weighted by molar-refractivity contribution is 5.85. The topological polar surface area (TPSA) is 34.9 Å². The Morgan fingerprint density at radius 1 is 1.14 bits per heavy atom. The largest absolute Gasteiger partial charge is 0.268 e. The van der Waals surface area contributed by atoms with E-state index in [1.54, 1.807) is 36.4 Å². The number of fused-ring (bicyclic) bond motifs is 1. The van der Waals surface area contributed by atoms with Gasteiger partial charge in [-0.3, -0.25) is 9.36 Å². The van der Waals surface area contributed by atoms with Gasteiger partial charge in [0, 0.05) is 4.11 Å². The molecular weight excluding hydrogens is 284 g/mol. The minimum atomic E-state index is -2.48. The third-order valence-electron chi connectivity index (χ3n) is 3.39. The molecule has 21 heavy (non-hydrogen) atoms. The number of aromatic nitrogens is 2. The first-order valence-corrected chi connectivity index (χ1v) is 6.54. The monoisotopic (exact) mass is 303 g/mol. The van der Waals surface area contributed by atoms with E-state index in [0.717, 1.165) is 5.56 Å². The quantitative estimate of drug-likeness (QED) is 0.724. The SMILES string of the molecule is Cl.[2H]C([2H])([2H])c1nc2ccccc2c(=O)n1-c1ccccc1CC.